The van der Waals surface area contributed by atoms with Gasteiger partial charge >= 0.3 is 15.5 Å². The predicted molar refractivity (Wildman–Crippen MR) is 74.7 cm³/mol. The molecular formula is C8H24N4O6P2. The van der Waals surface area contributed by atoms with E-state index in [-0.39, 0.29) is 12.1 Å². The van der Waals surface area contributed by atoms with E-state index in [1.165, 1.54) is 28.4 Å². The van der Waals surface area contributed by atoms with Crippen molar-refractivity contribution in [1.29, 1.82) is 0 Å². The molecule has 12 heteroatoms. The Hall–Kier alpha value is 0.140. The normalized spacial score (nSPS) is 16.1. The third-order valence-electron chi connectivity index (χ3n) is 2.57. The molecule has 10 nitrogen and oxygen atoms in total. The lowest BCUT2D eigenvalue weighted by Crippen LogP contribution is -2.52. The molecule has 0 saturated heterocycles. The Morgan fingerprint density at radius 2 is 0.950 bits per heavy atom. The van der Waals surface area contributed by atoms with Crippen molar-refractivity contribution in [1.82, 2.24) is 21.2 Å². The molecule has 0 amide bonds. The molecule has 0 heterocycles. The zero-order chi connectivity index (χ0) is 15.8. The van der Waals surface area contributed by atoms with E-state index < -0.39 is 15.5 Å². The molecule has 0 aliphatic heterocycles. The van der Waals surface area contributed by atoms with E-state index >= 15 is 0 Å². The summed E-state index contributed by atoms with van der Waals surface area (Å²) in [6.07, 6.45) is 0. The van der Waals surface area contributed by atoms with E-state index in [1.54, 1.807) is 13.8 Å². The third-order valence-corrected chi connectivity index (χ3v) is 5.30. The van der Waals surface area contributed by atoms with Gasteiger partial charge in [0.2, 0.25) is 0 Å². The maximum Gasteiger partial charge on any atom is 0.418 e. The van der Waals surface area contributed by atoms with Gasteiger partial charge in [-0.25, -0.2) is 20.0 Å². The van der Waals surface area contributed by atoms with Gasteiger partial charge in [-0.2, -0.15) is 10.4 Å². The lowest BCUT2D eigenvalue weighted by Gasteiger charge is -2.26. The van der Waals surface area contributed by atoms with Crippen molar-refractivity contribution in [3.05, 3.63) is 0 Å². The van der Waals surface area contributed by atoms with Crippen LogP contribution >= 0.6 is 15.5 Å². The molecule has 0 aromatic rings. The van der Waals surface area contributed by atoms with Gasteiger partial charge in [0.05, 0.1) is 0 Å². The van der Waals surface area contributed by atoms with Gasteiger partial charge in [-0.1, -0.05) is 0 Å². The zero-order valence-corrected chi connectivity index (χ0v) is 14.3. The van der Waals surface area contributed by atoms with E-state index in [0.717, 1.165) is 0 Å². The molecule has 20 heavy (non-hydrogen) atoms. The summed E-state index contributed by atoms with van der Waals surface area (Å²) in [5.41, 5.74) is 5.52. The molecule has 2 atom stereocenters. The van der Waals surface area contributed by atoms with E-state index in [1.807, 2.05) is 0 Å². The Morgan fingerprint density at radius 1 is 0.700 bits per heavy atom. The molecule has 0 aliphatic carbocycles. The molecule has 0 radical (unpaired) electrons. The van der Waals surface area contributed by atoms with Crippen molar-refractivity contribution in [2.75, 3.05) is 28.4 Å². The first-order valence-corrected chi connectivity index (χ1v) is 8.83. The average molecular weight is 334 g/mol. The van der Waals surface area contributed by atoms with Crippen molar-refractivity contribution in [3.63, 3.8) is 0 Å². The second-order valence-corrected chi connectivity index (χ2v) is 7.71. The number of hydrazine groups is 2. The summed E-state index contributed by atoms with van der Waals surface area (Å²) in [5, 5.41) is 4.93. The van der Waals surface area contributed by atoms with Crippen molar-refractivity contribution < 1.29 is 27.2 Å². The Kier molecular flexibility index (Phi) is 9.28. The first-order chi connectivity index (χ1) is 9.25. The zero-order valence-electron chi connectivity index (χ0n) is 12.5. The SMILES string of the molecule is COP(=O)(NNC(C)C(C)NNP(=O)(OC)OC)OC. The van der Waals surface area contributed by atoms with Gasteiger partial charge in [-0.05, 0) is 13.8 Å². The fraction of sp³-hybridized carbons (Fsp3) is 1.00. The smallest absolute Gasteiger partial charge is 0.299 e. The minimum atomic E-state index is -3.35. The Morgan fingerprint density at radius 3 is 1.15 bits per heavy atom. The molecule has 0 spiro atoms. The highest BCUT2D eigenvalue weighted by atomic mass is 31.2. The van der Waals surface area contributed by atoms with Crippen LogP contribution < -0.4 is 21.2 Å². The molecule has 0 aromatic carbocycles. The van der Waals surface area contributed by atoms with Crippen LogP contribution in [0.15, 0.2) is 0 Å². The number of rotatable bonds is 11. The standard InChI is InChI=1S/C8H24N4O6P2/c1-7(9-11-19(13,15-3)16-4)8(2)10-12-20(14,17-5)18-6/h7-10H,1-6H3,(H,11,13)(H,12,14). The summed E-state index contributed by atoms with van der Waals surface area (Å²) in [7, 11) is -1.65. The Bertz CT molecular complexity index is 321. The van der Waals surface area contributed by atoms with Crippen LogP contribution in [0.5, 0.6) is 0 Å². The number of hydrogen-bond donors (Lipinski definition) is 4. The molecule has 0 saturated carbocycles. The van der Waals surface area contributed by atoms with Crippen LogP contribution in [-0.4, -0.2) is 40.5 Å². The van der Waals surface area contributed by atoms with E-state index in [0.29, 0.717) is 0 Å². The van der Waals surface area contributed by atoms with Crippen molar-refractivity contribution >= 4 is 15.5 Å². The Labute approximate surface area is 119 Å². The molecule has 122 valence electrons. The van der Waals surface area contributed by atoms with Crippen molar-refractivity contribution in [2.24, 2.45) is 0 Å². The van der Waals surface area contributed by atoms with Crippen LogP contribution in [0.3, 0.4) is 0 Å². The highest BCUT2D eigenvalue weighted by Gasteiger charge is 2.25. The van der Waals surface area contributed by atoms with Crippen molar-refractivity contribution in [2.45, 2.75) is 25.9 Å². The van der Waals surface area contributed by atoms with Crippen molar-refractivity contribution in [3.8, 4) is 0 Å². The van der Waals surface area contributed by atoms with Crippen LogP contribution in [0, 0.1) is 0 Å². The molecule has 0 aromatic heterocycles. The van der Waals surface area contributed by atoms with Gasteiger partial charge in [-0.15, -0.1) is 0 Å². The van der Waals surface area contributed by atoms with Gasteiger partial charge in [-0.3, -0.25) is 18.1 Å². The summed E-state index contributed by atoms with van der Waals surface area (Å²) in [6.45, 7) is 3.60. The molecule has 0 aliphatic rings. The maximum atomic E-state index is 11.7. The van der Waals surface area contributed by atoms with E-state index in [9.17, 15) is 9.13 Å². The molecular weight excluding hydrogens is 310 g/mol. The third kappa shape index (κ3) is 6.73. The maximum absolute atomic E-state index is 11.7. The van der Waals surface area contributed by atoms with Crippen LogP contribution in [0.2, 0.25) is 0 Å². The van der Waals surface area contributed by atoms with E-state index in [2.05, 4.69) is 21.2 Å². The van der Waals surface area contributed by atoms with E-state index in [4.69, 9.17) is 18.1 Å². The average Bonchev–Trinajstić information content (AvgIpc) is 2.49. The summed E-state index contributed by atoms with van der Waals surface area (Å²) in [4.78, 5) is 0. The number of nitrogens with one attached hydrogen (secondary N) is 4. The van der Waals surface area contributed by atoms with Gasteiger partial charge in [0.15, 0.2) is 0 Å². The monoisotopic (exact) mass is 334 g/mol. The first kappa shape index (κ1) is 20.1. The summed E-state index contributed by atoms with van der Waals surface area (Å²) in [5.74, 6) is 0. The lowest BCUT2D eigenvalue weighted by molar-refractivity contribution is 0.240. The second-order valence-electron chi connectivity index (χ2n) is 3.81. The molecule has 2 unspecified atom stereocenters. The molecule has 0 bridgehead atoms. The first-order valence-electron chi connectivity index (χ1n) is 5.74. The van der Waals surface area contributed by atoms with Gasteiger partial charge in [0.1, 0.15) is 0 Å². The fourth-order valence-corrected chi connectivity index (χ4v) is 2.33. The summed E-state index contributed by atoms with van der Waals surface area (Å²) >= 11 is 0. The Balaban J connectivity index is 4.26. The molecule has 0 fully saturated rings. The van der Waals surface area contributed by atoms with Crippen LogP contribution in [-0.2, 0) is 27.2 Å². The van der Waals surface area contributed by atoms with Crippen LogP contribution in [0.4, 0.5) is 0 Å². The second kappa shape index (κ2) is 9.22. The fourth-order valence-electron chi connectivity index (χ4n) is 0.943. The highest BCUT2D eigenvalue weighted by Crippen LogP contribution is 2.41. The predicted octanol–water partition coefficient (Wildman–Crippen LogP) is 0.754. The quantitative estimate of drug-likeness (QED) is 0.318. The lowest BCUT2D eigenvalue weighted by atomic mass is 10.2. The number of hydrogen-bond acceptors (Lipinski definition) is 8. The largest absolute Gasteiger partial charge is 0.418 e. The topological polar surface area (TPSA) is 119 Å². The van der Waals surface area contributed by atoms with Gasteiger partial charge in [0, 0.05) is 40.5 Å². The molecule has 4 N–H and O–H groups in total. The highest BCUT2D eigenvalue weighted by molar-refractivity contribution is 7.51. The van der Waals surface area contributed by atoms with Crippen LogP contribution in [0.25, 0.3) is 0 Å². The minimum absolute atomic E-state index is 0.219. The minimum Gasteiger partial charge on any atom is -0.299 e. The van der Waals surface area contributed by atoms with Gasteiger partial charge in [0.25, 0.3) is 0 Å². The van der Waals surface area contributed by atoms with Gasteiger partial charge < -0.3 is 0 Å². The molecule has 0 rings (SSSR count). The summed E-state index contributed by atoms with van der Waals surface area (Å²) in [6, 6.07) is -0.438. The van der Waals surface area contributed by atoms with Crippen LogP contribution in [0.1, 0.15) is 13.8 Å². The summed E-state index contributed by atoms with van der Waals surface area (Å²) < 4.78 is 42.3.